The normalized spacial score (nSPS) is 18.6. The first-order chi connectivity index (χ1) is 32.1. The van der Waals surface area contributed by atoms with E-state index in [4.69, 9.17) is 29.2 Å². The van der Waals surface area contributed by atoms with E-state index in [2.05, 4.69) is 31.7 Å². The van der Waals surface area contributed by atoms with Crippen LogP contribution in [0, 0.1) is 5.92 Å². The van der Waals surface area contributed by atoms with Crippen molar-refractivity contribution in [2.45, 2.75) is 82.6 Å². The largest absolute Gasteiger partial charge is 0.453 e. The number of imidazole rings is 2. The quantitative estimate of drug-likeness (QED) is 0.0949. The molecule has 0 bridgehead atoms. The van der Waals surface area contributed by atoms with E-state index < -0.39 is 24.3 Å². The van der Waals surface area contributed by atoms with Crippen LogP contribution in [0.2, 0.25) is 0 Å². The summed E-state index contributed by atoms with van der Waals surface area (Å²) in [5.74, 6) is 0.860. The number of alkyl carbamates (subject to hydrolysis) is 2. The summed E-state index contributed by atoms with van der Waals surface area (Å²) in [5.41, 5.74) is 6.45. The number of hydrogen-bond donors (Lipinski definition) is 4. The molecule has 2 aromatic carbocycles. The summed E-state index contributed by atoms with van der Waals surface area (Å²) in [7, 11) is 1.28. The number of aromatic nitrogens is 6. The minimum Gasteiger partial charge on any atom is -0.453 e. The summed E-state index contributed by atoms with van der Waals surface area (Å²) in [6.45, 7) is 5.97. The summed E-state index contributed by atoms with van der Waals surface area (Å²) in [4.78, 5) is 82.4. The van der Waals surface area contributed by atoms with Crippen molar-refractivity contribution in [1.29, 1.82) is 0 Å². The fourth-order valence-corrected chi connectivity index (χ4v) is 9.16. The van der Waals surface area contributed by atoms with E-state index in [1.807, 2.05) is 80.7 Å². The van der Waals surface area contributed by atoms with Gasteiger partial charge in [-0.05, 0) is 61.4 Å². The summed E-state index contributed by atoms with van der Waals surface area (Å²) in [6, 6.07) is 19.1. The van der Waals surface area contributed by atoms with Gasteiger partial charge in [0.2, 0.25) is 5.91 Å². The van der Waals surface area contributed by atoms with Crippen LogP contribution in [0.5, 0.6) is 0 Å². The molecular weight excluding hydrogens is 841 g/mol. The molecule has 3 aliphatic rings. The van der Waals surface area contributed by atoms with Crippen LogP contribution in [0.1, 0.15) is 87.7 Å². The second-order valence-electron chi connectivity index (χ2n) is 17.4. The number of fused-ring (bicyclic) bond motifs is 1. The number of H-pyrrole nitrogens is 2. The maximum atomic E-state index is 14.3. The SMILES string of the molecule is COC(=O)NC(C(=O)N1CCCC1c1ncc(-c2ccc(-c3ccc4cc(-c5cnc(C6CCCN6C(=O)C(NC(=O)OC6CCOCC6)c6ccccc6)[nH]5)cnc4c3)nc2)[nH]1)C(C)C. The van der Waals surface area contributed by atoms with Gasteiger partial charge in [0.25, 0.3) is 5.91 Å². The van der Waals surface area contributed by atoms with Crippen molar-refractivity contribution in [3.63, 3.8) is 0 Å². The smallest absolute Gasteiger partial charge is 0.408 e. The lowest BCUT2D eigenvalue weighted by atomic mass is 10.0. The highest BCUT2D eigenvalue weighted by molar-refractivity contribution is 5.89. The fraction of sp³-hybridized carbons (Fsp3) is 0.388. The highest BCUT2D eigenvalue weighted by Gasteiger charge is 2.39. The first-order valence-corrected chi connectivity index (χ1v) is 22.7. The Morgan fingerprint density at radius 2 is 1.35 bits per heavy atom. The Kier molecular flexibility index (Phi) is 13.0. The van der Waals surface area contributed by atoms with Crippen LogP contribution in [-0.4, -0.2) is 109 Å². The number of carbonyl (C=O) groups is 4. The molecule has 3 aliphatic heterocycles. The maximum Gasteiger partial charge on any atom is 0.408 e. The van der Waals surface area contributed by atoms with Crippen LogP contribution in [0.3, 0.4) is 0 Å². The Labute approximate surface area is 382 Å². The van der Waals surface area contributed by atoms with Gasteiger partial charge in [0.15, 0.2) is 0 Å². The van der Waals surface area contributed by atoms with Crippen LogP contribution in [-0.2, 0) is 23.8 Å². The van der Waals surface area contributed by atoms with E-state index in [0.717, 1.165) is 70.4 Å². The molecule has 0 saturated carbocycles. The van der Waals surface area contributed by atoms with E-state index in [0.29, 0.717) is 56.4 Å². The third-order valence-corrected chi connectivity index (χ3v) is 12.7. The number of amides is 4. The average Bonchev–Trinajstić information content (AvgIpc) is 4.20. The predicted octanol–water partition coefficient (Wildman–Crippen LogP) is 7.43. The van der Waals surface area contributed by atoms with Crippen LogP contribution in [0.25, 0.3) is 44.7 Å². The van der Waals surface area contributed by atoms with Gasteiger partial charge in [0, 0.05) is 60.4 Å². The summed E-state index contributed by atoms with van der Waals surface area (Å²) < 4.78 is 15.9. The highest BCUT2D eigenvalue weighted by atomic mass is 16.6. The van der Waals surface area contributed by atoms with Gasteiger partial charge in [-0.25, -0.2) is 19.6 Å². The van der Waals surface area contributed by atoms with Gasteiger partial charge in [-0.2, -0.15) is 0 Å². The molecule has 17 nitrogen and oxygen atoms in total. The second-order valence-corrected chi connectivity index (χ2v) is 17.4. The second kappa shape index (κ2) is 19.5. The summed E-state index contributed by atoms with van der Waals surface area (Å²) in [5, 5.41) is 6.50. The zero-order valence-corrected chi connectivity index (χ0v) is 37.2. The lowest BCUT2D eigenvalue weighted by Crippen LogP contribution is -2.51. The Morgan fingerprint density at radius 3 is 2.00 bits per heavy atom. The first kappa shape index (κ1) is 44.1. The van der Waals surface area contributed by atoms with E-state index in [-0.39, 0.29) is 35.9 Å². The van der Waals surface area contributed by atoms with Gasteiger partial charge in [-0.1, -0.05) is 56.3 Å². The standard InChI is InChI=1S/C49H54N10O7/c1-29(2)42(56-48(62)64-3)46(60)58-19-7-11-40(58)44-52-27-38(54-44)33-15-16-36(50-25-33)32-14-13-31-23-34(26-51-37(31)24-32)39-28-53-45(55-39)41-12-8-20-59(41)47(61)43(30-9-5-4-6-10-30)57-49(63)66-35-17-21-65-22-18-35/h4-6,9-10,13-16,23-29,35,40-43H,7-8,11-12,17-22H2,1-3H3,(H,52,54)(H,53,55)(H,56,62)(H,57,63). The van der Waals surface area contributed by atoms with Gasteiger partial charge < -0.3 is 44.6 Å². The third-order valence-electron chi connectivity index (χ3n) is 12.7. The Hall–Kier alpha value is -7.14. The van der Waals surface area contributed by atoms with Crippen molar-refractivity contribution in [1.82, 2.24) is 50.3 Å². The number of methoxy groups -OCH3 is 1. The summed E-state index contributed by atoms with van der Waals surface area (Å²) >= 11 is 0. The zero-order valence-electron chi connectivity index (χ0n) is 37.2. The lowest BCUT2D eigenvalue weighted by Gasteiger charge is -2.30. The first-order valence-electron chi connectivity index (χ1n) is 22.7. The molecule has 4 N–H and O–H groups in total. The molecule has 342 valence electrons. The number of hydrogen-bond acceptors (Lipinski definition) is 11. The van der Waals surface area contributed by atoms with Crippen molar-refractivity contribution in [3.8, 4) is 33.8 Å². The molecular formula is C49H54N10O7. The molecule has 7 heterocycles. The molecule has 0 spiro atoms. The average molecular weight is 895 g/mol. The molecule has 4 amide bonds. The van der Waals surface area contributed by atoms with E-state index in [9.17, 15) is 19.2 Å². The van der Waals surface area contributed by atoms with Crippen LogP contribution in [0.15, 0.2) is 91.5 Å². The van der Waals surface area contributed by atoms with Crippen molar-refractivity contribution in [2.75, 3.05) is 33.4 Å². The number of pyridine rings is 2. The van der Waals surface area contributed by atoms with Gasteiger partial charge in [-0.3, -0.25) is 19.6 Å². The number of carbonyl (C=O) groups excluding carboxylic acids is 4. The van der Waals surface area contributed by atoms with Gasteiger partial charge in [0.05, 0.1) is 67.4 Å². The van der Waals surface area contributed by atoms with E-state index >= 15 is 0 Å². The predicted molar refractivity (Wildman–Crippen MR) is 244 cm³/mol. The number of ether oxygens (including phenoxy) is 3. The lowest BCUT2D eigenvalue weighted by molar-refractivity contribution is -0.136. The molecule has 3 fully saturated rings. The molecule has 0 radical (unpaired) electrons. The molecule has 4 atom stereocenters. The van der Waals surface area contributed by atoms with Crippen molar-refractivity contribution >= 4 is 34.9 Å². The number of aromatic amines is 2. The molecule has 4 aromatic heterocycles. The topological polar surface area (TPSA) is 210 Å². The Bertz CT molecular complexity index is 2680. The number of benzene rings is 2. The van der Waals surface area contributed by atoms with Crippen LogP contribution < -0.4 is 10.6 Å². The summed E-state index contributed by atoms with van der Waals surface area (Å²) in [6.07, 6.45) is 9.99. The fourth-order valence-electron chi connectivity index (χ4n) is 9.16. The number of nitrogens with zero attached hydrogens (tertiary/aromatic N) is 6. The van der Waals surface area contributed by atoms with Crippen molar-refractivity contribution in [3.05, 3.63) is 109 Å². The Morgan fingerprint density at radius 1 is 0.697 bits per heavy atom. The van der Waals surface area contributed by atoms with Gasteiger partial charge >= 0.3 is 12.2 Å². The number of nitrogens with one attached hydrogen (secondary N) is 4. The monoisotopic (exact) mass is 894 g/mol. The highest BCUT2D eigenvalue weighted by Crippen LogP contribution is 2.36. The zero-order chi connectivity index (χ0) is 45.7. The molecule has 4 unspecified atom stereocenters. The minimum absolute atomic E-state index is 0.121. The molecule has 6 aromatic rings. The Balaban J connectivity index is 0.860. The molecule has 0 aliphatic carbocycles. The molecule has 9 rings (SSSR count). The molecule has 17 heteroatoms. The molecule has 66 heavy (non-hydrogen) atoms. The van der Waals surface area contributed by atoms with Gasteiger partial charge in [-0.15, -0.1) is 0 Å². The number of rotatable bonds is 12. The van der Waals surface area contributed by atoms with Crippen LogP contribution >= 0.6 is 0 Å². The van der Waals surface area contributed by atoms with Gasteiger partial charge in [0.1, 0.15) is 29.8 Å². The van der Waals surface area contributed by atoms with E-state index in [1.54, 1.807) is 28.4 Å². The minimum atomic E-state index is -0.919. The van der Waals surface area contributed by atoms with Crippen molar-refractivity contribution < 1.29 is 33.4 Å². The third kappa shape index (κ3) is 9.47. The van der Waals surface area contributed by atoms with E-state index in [1.165, 1.54) is 7.11 Å². The van der Waals surface area contributed by atoms with Crippen molar-refractivity contribution in [2.24, 2.45) is 5.92 Å². The maximum absolute atomic E-state index is 14.3. The number of likely N-dealkylation sites (tertiary alicyclic amines) is 2. The molecule has 3 saturated heterocycles. The van der Waals surface area contributed by atoms with Crippen LogP contribution in [0.4, 0.5) is 9.59 Å².